The fourth-order valence-electron chi connectivity index (χ4n) is 2.30. The van der Waals surface area contributed by atoms with Gasteiger partial charge in [-0.25, -0.2) is 0 Å². The van der Waals surface area contributed by atoms with Crippen molar-refractivity contribution in [3.63, 3.8) is 0 Å². The summed E-state index contributed by atoms with van der Waals surface area (Å²) < 4.78 is 21.0. The second-order valence-corrected chi connectivity index (χ2v) is 4.91. The molecule has 24 heavy (non-hydrogen) atoms. The summed E-state index contributed by atoms with van der Waals surface area (Å²) in [7, 11) is 6.14. The first-order chi connectivity index (χ1) is 11.5. The van der Waals surface area contributed by atoms with E-state index in [9.17, 15) is 5.11 Å². The molecule has 6 nitrogen and oxygen atoms in total. The number of hydrogen-bond acceptors (Lipinski definition) is 6. The van der Waals surface area contributed by atoms with Gasteiger partial charge in [-0.3, -0.25) is 0 Å². The van der Waals surface area contributed by atoms with Gasteiger partial charge < -0.3 is 29.8 Å². The van der Waals surface area contributed by atoms with Crippen LogP contribution in [0.3, 0.4) is 0 Å². The molecule has 3 N–H and O–H groups in total. The average molecular weight is 331 g/mol. The zero-order valence-electron chi connectivity index (χ0n) is 14.1. The smallest absolute Gasteiger partial charge is 0.203 e. The number of hydrogen-bond donors (Lipinski definition) is 2. The van der Waals surface area contributed by atoms with E-state index in [4.69, 9.17) is 24.7 Å². The highest BCUT2D eigenvalue weighted by molar-refractivity contribution is 5.81. The van der Waals surface area contributed by atoms with E-state index in [0.717, 1.165) is 5.56 Å². The summed E-state index contributed by atoms with van der Waals surface area (Å²) in [6.07, 6.45) is 3.62. The van der Waals surface area contributed by atoms with Crippen LogP contribution in [0.4, 0.5) is 5.69 Å². The molecule has 128 valence electrons. The molecule has 0 unspecified atom stereocenters. The molecular formula is C18H21NO5. The van der Waals surface area contributed by atoms with Crippen molar-refractivity contribution in [1.82, 2.24) is 0 Å². The number of nitrogen functional groups attached to an aromatic ring is 1. The highest BCUT2D eigenvalue weighted by atomic mass is 16.5. The molecule has 0 bridgehead atoms. The standard InChI is InChI=1S/C18H21NO5/c1-21-13-8-7-12(16(19)17(13)20)6-5-11-9-14(22-2)18(24-4)15(10-11)23-3/h5-10,20H,19H2,1-4H3/b6-5-. The lowest BCUT2D eigenvalue weighted by Crippen LogP contribution is -1.95. The Hall–Kier alpha value is -3.02. The van der Waals surface area contributed by atoms with Crippen molar-refractivity contribution < 1.29 is 24.1 Å². The van der Waals surface area contributed by atoms with E-state index >= 15 is 0 Å². The third kappa shape index (κ3) is 3.32. The first-order valence-corrected chi connectivity index (χ1v) is 7.19. The molecule has 0 aliphatic carbocycles. The van der Waals surface area contributed by atoms with Gasteiger partial charge in [0.05, 0.1) is 34.1 Å². The summed E-state index contributed by atoms with van der Waals surface area (Å²) in [5.74, 6) is 1.89. The highest BCUT2D eigenvalue weighted by Crippen LogP contribution is 2.39. The number of nitrogens with two attached hydrogens (primary N) is 1. The molecule has 2 rings (SSSR count). The van der Waals surface area contributed by atoms with Crippen molar-refractivity contribution in [2.24, 2.45) is 0 Å². The number of methoxy groups -OCH3 is 4. The monoisotopic (exact) mass is 331 g/mol. The van der Waals surface area contributed by atoms with Crippen LogP contribution in [0.15, 0.2) is 24.3 Å². The number of phenolic OH excluding ortho intramolecular Hbond substituents is 1. The third-order valence-corrected chi connectivity index (χ3v) is 3.58. The summed E-state index contributed by atoms with van der Waals surface area (Å²) >= 11 is 0. The lowest BCUT2D eigenvalue weighted by molar-refractivity contribution is 0.324. The molecule has 0 saturated heterocycles. The largest absolute Gasteiger partial charge is 0.503 e. The Morgan fingerprint density at radius 3 is 1.92 bits per heavy atom. The molecule has 2 aromatic rings. The van der Waals surface area contributed by atoms with Crippen LogP contribution in [0.5, 0.6) is 28.7 Å². The molecular weight excluding hydrogens is 310 g/mol. The summed E-state index contributed by atoms with van der Waals surface area (Å²) in [5.41, 5.74) is 7.68. The SMILES string of the molecule is COc1ccc(/C=C\c2cc(OC)c(OC)c(OC)c2)c(N)c1O. The first kappa shape index (κ1) is 17.3. The molecule has 6 heteroatoms. The number of rotatable bonds is 6. The summed E-state index contributed by atoms with van der Waals surface area (Å²) in [4.78, 5) is 0. The number of phenols is 1. The molecule has 0 amide bonds. The molecule has 0 radical (unpaired) electrons. The van der Waals surface area contributed by atoms with Crippen molar-refractivity contribution in [2.45, 2.75) is 0 Å². The van der Waals surface area contributed by atoms with Gasteiger partial charge in [0.1, 0.15) is 0 Å². The molecule has 0 aliphatic heterocycles. The minimum atomic E-state index is -0.0791. The fourth-order valence-corrected chi connectivity index (χ4v) is 2.30. The van der Waals surface area contributed by atoms with E-state index in [-0.39, 0.29) is 11.4 Å². The van der Waals surface area contributed by atoms with E-state index in [0.29, 0.717) is 28.6 Å². The van der Waals surface area contributed by atoms with Crippen LogP contribution >= 0.6 is 0 Å². The number of anilines is 1. The Balaban J connectivity index is 2.41. The molecule has 0 spiro atoms. The molecule has 0 heterocycles. The van der Waals surface area contributed by atoms with Crippen LogP contribution in [-0.4, -0.2) is 33.5 Å². The van der Waals surface area contributed by atoms with Gasteiger partial charge in [-0.2, -0.15) is 0 Å². The van der Waals surface area contributed by atoms with Crippen LogP contribution in [0, 0.1) is 0 Å². The van der Waals surface area contributed by atoms with Gasteiger partial charge in [0.2, 0.25) is 5.75 Å². The zero-order valence-corrected chi connectivity index (χ0v) is 14.1. The van der Waals surface area contributed by atoms with Crippen LogP contribution in [-0.2, 0) is 0 Å². The Morgan fingerprint density at radius 2 is 1.42 bits per heavy atom. The molecule has 0 fully saturated rings. The second-order valence-electron chi connectivity index (χ2n) is 4.91. The maximum absolute atomic E-state index is 9.97. The van der Waals surface area contributed by atoms with E-state index in [1.165, 1.54) is 7.11 Å². The highest BCUT2D eigenvalue weighted by Gasteiger charge is 2.12. The minimum Gasteiger partial charge on any atom is -0.503 e. The van der Waals surface area contributed by atoms with Gasteiger partial charge in [0.15, 0.2) is 23.0 Å². The van der Waals surface area contributed by atoms with Crippen LogP contribution in [0.2, 0.25) is 0 Å². The lowest BCUT2D eigenvalue weighted by atomic mass is 10.1. The van der Waals surface area contributed by atoms with Gasteiger partial charge in [-0.15, -0.1) is 0 Å². The Kier molecular flexibility index (Phi) is 5.42. The predicted octanol–water partition coefficient (Wildman–Crippen LogP) is 3.18. The van der Waals surface area contributed by atoms with Crippen molar-refractivity contribution in [2.75, 3.05) is 34.2 Å². The minimum absolute atomic E-state index is 0.0791. The normalized spacial score (nSPS) is 10.7. The number of benzene rings is 2. The maximum atomic E-state index is 9.97. The van der Waals surface area contributed by atoms with E-state index in [2.05, 4.69) is 0 Å². The average Bonchev–Trinajstić information content (AvgIpc) is 2.61. The van der Waals surface area contributed by atoms with E-state index < -0.39 is 0 Å². The van der Waals surface area contributed by atoms with Crippen LogP contribution in [0.25, 0.3) is 12.2 Å². The Bertz CT molecular complexity index is 730. The third-order valence-electron chi connectivity index (χ3n) is 3.58. The lowest BCUT2D eigenvalue weighted by Gasteiger charge is -2.13. The summed E-state index contributed by atoms with van der Waals surface area (Å²) in [6.45, 7) is 0. The van der Waals surface area contributed by atoms with Crippen molar-refractivity contribution in [3.05, 3.63) is 35.4 Å². The number of aromatic hydroxyl groups is 1. The maximum Gasteiger partial charge on any atom is 0.203 e. The Labute approximate surface area is 141 Å². The Morgan fingerprint density at radius 1 is 0.833 bits per heavy atom. The van der Waals surface area contributed by atoms with Gasteiger partial charge in [-0.05, 0) is 29.8 Å². The second kappa shape index (κ2) is 7.50. The van der Waals surface area contributed by atoms with Gasteiger partial charge >= 0.3 is 0 Å². The topological polar surface area (TPSA) is 83.2 Å². The van der Waals surface area contributed by atoms with Gasteiger partial charge in [0, 0.05) is 5.56 Å². The van der Waals surface area contributed by atoms with E-state index in [1.807, 2.05) is 18.2 Å². The molecule has 2 aromatic carbocycles. The van der Waals surface area contributed by atoms with Gasteiger partial charge in [0.25, 0.3) is 0 Å². The quantitative estimate of drug-likeness (QED) is 0.480. The van der Waals surface area contributed by atoms with Crippen molar-refractivity contribution in [3.8, 4) is 28.7 Å². The zero-order chi connectivity index (χ0) is 17.7. The molecule has 0 aliphatic rings. The molecule has 0 aromatic heterocycles. The van der Waals surface area contributed by atoms with E-state index in [1.54, 1.807) is 39.5 Å². The van der Waals surface area contributed by atoms with Crippen LogP contribution in [0.1, 0.15) is 11.1 Å². The first-order valence-electron chi connectivity index (χ1n) is 7.19. The van der Waals surface area contributed by atoms with Crippen LogP contribution < -0.4 is 24.7 Å². The number of ether oxygens (including phenoxy) is 4. The van der Waals surface area contributed by atoms with Crippen molar-refractivity contribution >= 4 is 17.8 Å². The predicted molar refractivity (Wildman–Crippen MR) is 94.1 cm³/mol. The van der Waals surface area contributed by atoms with Crippen molar-refractivity contribution in [1.29, 1.82) is 0 Å². The molecule has 0 atom stereocenters. The molecule has 0 saturated carbocycles. The summed E-state index contributed by atoms with van der Waals surface area (Å²) in [6, 6.07) is 7.05. The van der Waals surface area contributed by atoms with Gasteiger partial charge in [-0.1, -0.05) is 12.2 Å². The fraction of sp³-hybridized carbons (Fsp3) is 0.222. The summed E-state index contributed by atoms with van der Waals surface area (Å²) in [5, 5.41) is 9.97.